The van der Waals surface area contributed by atoms with Gasteiger partial charge in [-0.3, -0.25) is 9.58 Å². The van der Waals surface area contributed by atoms with E-state index in [1.54, 1.807) is 11.0 Å². The first-order chi connectivity index (χ1) is 5.34. The first-order valence-corrected chi connectivity index (χ1v) is 3.91. The average Bonchev–Trinajstić information content (AvgIpc) is 2.27. The van der Waals surface area contributed by atoms with Gasteiger partial charge in [0.25, 0.3) is 0 Å². The number of aromatic nitrogens is 3. The largest absolute Gasteiger partial charge is 0.296 e. The highest BCUT2D eigenvalue weighted by molar-refractivity contribution is 4.83. The molecule has 0 unspecified atom stereocenters. The van der Waals surface area contributed by atoms with Crippen LogP contribution in [-0.4, -0.2) is 32.8 Å². The van der Waals surface area contributed by atoms with E-state index in [0.717, 1.165) is 12.4 Å². The smallest absolute Gasteiger partial charge is 0.164 e. The summed E-state index contributed by atoms with van der Waals surface area (Å²) in [6.07, 6.45) is 3.07. The van der Waals surface area contributed by atoms with E-state index in [0.29, 0.717) is 0 Å². The number of aryl methyl sites for hydroxylation is 1. The lowest BCUT2D eigenvalue weighted by Gasteiger charge is -2.29. The molecule has 0 bridgehead atoms. The molecule has 1 fully saturated rings. The third-order valence-corrected chi connectivity index (χ3v) is 1.96. The van der Waals surface area contributed by atoms with Crippen molar-refractivity contribution in [3.63, 3.8) is 0 Å². The molecule has 1 aliphatic heterocycles. The third-order valence-electron chi connectivity index (χ3n) is 1.96. The molecule has 4 heteroatoms. The van der Waals surface area contributed by atoms with Gasteiger partial charge in [0, 0.05) is 7.05 Å². The van der Waals surface area contributed by atoms with Gasteiger partial charge in [0.1, 0.15) is 6.33 Å². The minimum absolute atomic E-state index is 0.918. The maximum atomic E-state index is 4.20. The van der Waals surface area contributed by atoms with E-state index in [9.17, 15) is 0 Å². The van der Waals surface area contributed by atoms with Gasteiger partial charge in [0.15, 0.2) is 5.82 Å². The molecule has 0 amide bonds. The molecule has 4 nitrogen and oxygen atoms in total. The Hall–Kier alpha value is -0.900. The van der Waals surface area contributed by atoms with E-state index in [1.807, 2.05) is 7.05 Å². The SMILES string of the molecule is Cn1cnc(CN2CCC2)n1. The lowest BCUT2D eigenvalue weighted by molar-refractivity contribution is 0.168. The Balaban J connectivity index is 1.95. The average molecular weight is 152 g/mol. The first-order valence-electron chi connectivity index (χ1n) is 3.91. The highest BCUT2D eigenvalue weighted by atomic mass is 15.3. The summed E-state index contributed by atoms with van der Waals surface area (Å²) in [5.41, 5.74) is 0. The Morgan fingerprint density at radius 1 is 1.55 bits per heavy atom. The minimum atomic E-state index is 0.918. The zero-order valence-electron chi connectivity index (χ0n) is 6.69. The van der Waals surface area contributed by atoms with Crippen molar-refractivity contribution in [2.75, 3.05) is 13.1 Å². The molecule has 1 saturated heterocycles. The molecule has 0 spiro atoms. The number of hydrogen-bond donors (Lipinski definition) is 0. The normalized spacial score (nSPS) is 18.3. The quantitative estimate of drug-likeness (QED) is 0.599. The van der Waals surface area contributed by atoms with Crippen molar-refractivity contribution in [3.05, 3.63) is 12.2 Å². The van der Waals surface area contributed by atoms with Crippen LogP contribution < -0.4 is 0 Å². The van der Waals surface area contributed by atoms with Crippen molar-refractivity contribution in [1.29, 1.82) is 0 Å². The van der Waals surface area contributed by atoms with Crippen LogP contribution in [0.5, 0.6) is 0 Å². The van der Waals surface area contributed by atoms with Gasteiger partial charge in [-0.2, -0.15) is 5.10 Å². The van der Waals surface area contributed by atoms with Crippen molar-refractivity contribution in [2.45, 2.75) is 13.0 Å². The third kappa shape index (κ3) is 1.40. The summed E-state index contributed by atoms with van der Waals surface area (Å²) in [5, 5.41) is 4.20. The number of nitrogens with zero attached hydrogens (tertiary/aromatic N) is 4. The van der Waals surface area contributed by atoms with Crippen LogP contribution in [0.1, 0.15) is 12.2 Å². The van der Waals surface area contributed by atoms with Gasteiger partial charge < -0.3 is 0 Å². The molecule has 1 aliphatic rings. The zero-order chi connectivity index (χ0) is 7.68. The molecule has 0 aliphatic carbocycles. The first kappa shape index (κ1) is 6.79. The van der Waals surface area contributed by atoms with Gasteiger partial charge >= 0.3 is 0 Å². The van der Waals surface area contributed by atoms with E-state index < -0.39 is 0 Å². The molecule has 60 valence electrons. The topological polar surface area (TPSA) is 34.0 Å². The number of likely N-dealkylation sites (tertiary alicyclic amines) is 1. The van der Waals surface area contributed by atoms with Crippen LogP contribution >= 0.6 is 0 Å². The molecule has 0 radical (unpaired) electrons. The Labute approximate surface area is 65.8 Å². The molecule has 2 heterocycles. The molecule has 0 atom stereocenters. The van der Waals surface area contributed by atoms with E-state index in [1.165, 1.54) is 19.5 Å². The molecular formula is C7H12N4. The Morgan fingerprint density at radius 2 is 2.36 bits per heavy atom. The molecule has 1 aromatic rings. The Kier molecular flexibility index (Phi) is 1.62. The standard InChI is InChI=1S/C7H12N4/c1-10-6-8-7(9-10)5-11-3-2-4-11/h6H,2-5H2,1H3. The Bertz CT molecular complexity index is 238. The van der Waals surface area contributed by atoms with Crippen LogP contribution in [0.4, 0.5) is 0 Å². The minimum Gasteiger partial charge on any atom is -0.296 e. The van der Waals surface area contributed by atoms with Crippen LogP contribution in [0.3, 0.4) is 0 Å². The predicted octanol–water partition coefficient (Wildman–Crippen LogP) is 0.0208. The molecule has 1 aromatic heterocycles. The van der Waals surface area contributed by atoms with Gasteiger partial charge in [0.05, 0.1) is 6.54 Å². The second-order valence-electron chi connectivity index (χ2n) is 2.96. The van der Waals surface area contributed by atoms with E-state index in [-0.39, 0.29) is 0 Å². The number of rotatable bonds is 2. The van der Waals surface area contributed by atoms with Gasteiger partial charge in [0.2, 0.25) is 0 Å². The fourth-order valence-corrected chi connectivity index (χ4v) is 1.20. The Morgan fingerprint density at radius 3 is 2.82 bits per heavy atom. The summed E-state index contributed by atoms with van der Waals surface area (Å²) in [6, 6.07) is 0. The van der Waals surface area contributed by atoms with Crippen molar-refractivity contribution in [1.82, 2.24) is 19.7 Å². The van der Waals surface area contributed by atoms with Crippen LogP contribution in [-0.2, 0) is 13.6 Å². The van der Waals surface area contributed by atoms with Gasteiger partial charge in [-0.1, -0.05) is 0 Å². The summed E-state index contributed by atoms with van der Waals surface area (Å²) >= 11 is 0. The summed E-state index contributed by atoms with van der Waals surface area (Å²) in [4.78, 5) is 6.49. The second-order valence-corrected chi connectivity index (χ2v) is 2.96. The van der Waals surface area contributed by atoms with Gasteiger partial charge in [-0.15, -0.1) is 0 Å². The van der Waals surface area contributed by atoms with E-state index in [2.05, 4.69) is 15.0 Å². The van der Waals surface area contributed by atoms with Crippen LogP contribution in [0.15, 0.2) is 6.33 Å². The molecule has 0 N–H and O–H groups in total. The summed E-state index contributed by atoms with van der Waals surface area (Å²) in [7, 11) is 1.90. The maximum Gasteiger partial charge on any atom is 0.164 e. The second kappa shape index (κ2) is 2.62. The molecule has 2 rings (SSSR count). The lowest BCUT2D eigenvalue weighted by atomic mass is 10.2. The predicted molar refractivity (Wildman–Crippen MR) is 40.9 cm³/mol. The van der Waals surface area contributed by atoms with Gasteiger partial charge in [-0.25, -0.2) is 4.98 Å². The summed E-state index contributed by atoms with van der Waals surface area (Å²) < 4.78 is 1.75. The van der Waals surface area contributed by atoms with Crippen molar-refractivity contribution < 1.29 is 0 Å². The lowest BCUT2D eigenvalue weighted by Crippen LogP contribution is -2.36. The van der Waals surface area contributed by atoms with Crippen LogP contribution in [0, 0.1) is 0 Å². The van der Waals surface area contributed by atoms with E-state index >= 15 is 0 Å². The van der Waals surface area contributed by atoms with Crippen molar-refractivity contribution >= 4 is 0 Å². The van der Waals surface area contributed by atoms with Crippen LogP contribution in [0.2, 0.25) is 0 Å². The molecule has 0 saturated carbocycles. The molecule has 11 heavy (non-hydrogen) atoms. The number of hydrogen-bond acceptors (Lipinski definition) is 3. The fraction of sp³-hybridized carbons (Fsp3) is 0.714. The fourth-order valence-electron chi connectivity index (χ4n) is 1.20. The highest BCUT2D eigenvalue weighted by Gasteiger charge is 2.15. The van der Waals surface area contributed by atoms with Crippen molar-refractivity contribution in [3.8, 4) is 0 Å². The molecule has 0 aromatic carbocycles. The summed E-state index contributed by atoms with van der Waals surface area (Å²) in [6.45, 7) is 3.33. The van der Waals surface area contributed by atoms with Gasteiger partial charge in [-0.05, 0) is 19.5 Å². The zero-order valence-corrected chi connectivity index (χ0v) is 6.69. The molecular weight excluding hydrogens is 140 g/mol. The van der Waals surface area contributed by atoms with E-state index in [4.69, 9.17) is 0 Å². The highest BCUT2D eigenvalue weighted by Crippen LogP contribution is 2.08. The van der Waals surface area contributed by atoms with Crippen LogP contribution in [0.25, 0.3) is 0 Å². The summed E-state index contributed by atoms with van der Waals surface area (Å²) in [5.74, 6) is 0.937. The van der Waals surface area contributed by atoms with Crippen molar-refractivity contribution in [2.24, 2.45) is 7.05 Å². The monoisotopic (exact) mass is 152 g/mol. The maximum absolute atomic E-state index is 4.20.